The van der Waals surface area contributed by atoms with Crippen LogP contribution in [0.25, 0.3) is 5.57 Å². The van der Waals surface area contributed by atoms with Crippen LogP contribution in [0.3, 0.4) is 0 Å². The lowest BCUT2D eigenvalue weighted by atomic mass is 10.2. The Bertz CT molecular complexity index is 798. The van der Waals surface area contributed by atoms with Crippen molar-refractivity contribution in [2.45, 2.75) is 31.3 Å². The Morgan fingerprint density at radius 2 is 1.85 bits per heavy atom. The van der Waals surface area contributed by atoms with Gasteiger partial charge in [-0.1, -0.05) is 36.0 Å². The predicted octanol–water partition coefficient (Wildman–Crippen LogP) is 4.44. The Kier molecular flexibility index (Phi) is 6.29. The van der Waals surface area contributed by atoms with E-state index in [0.717, 1.165) is 9.77 Å². The minimum Gasteiger partial charge on any atom is -0.379 e. The Hall–Kier alpha value is -1.89. The molecule has 1 aliphatic heterocycles. The van der Waals surface area contributed by atoms with Gasteiger partial charge in [0.15, 0.2) is 0 Å². The average Bonchev–Trinajstić information content (AvgIpc) is 3.22. The monoisotopic (exact) mass is 387 g/mol. The minimum absolute atomic E-state index is 0.143. The Balaban J connectivity index is 1.82. The van der Waals surface area contributed by atoms with Gasteiger partial charge in [0.2, 0.25) is 0 Å². The summed E-state index contributed by atoms with van der Waals surface area (Å²) in [6.45, 7) is 4.84. The molecule has 0 aliphatic carbocycles. The van der Waals surface area contributed by atoms with Gasteiger partial charge in [0, 0.05) is 22.9 Å². The summed E-state index contributed by atoms with van der Waals surface area (Å²) in [5.41, 5.74) is 0.517. The van der Waals surface area contributed by atoms with Gasteiger partial charge >= 0.3 is 0 Å². The number of nitrogens with zero attached hydrogens (tertiary/aromatic N) is 1. The van der Waals surface area contributed by atoms with Crippen LogP contribution in [0.2, 0.25) is 0 Å². The van der Waals surface area contributed by atoms with Crippen molar-refractivity contribution >= 4 is 40.5 Å². The molecule has 1 aliphatic rings. The van der Waals surface area contributed by atoms with Crippen molar-refractivity contribution in [1.82, 2.24) is 4.90 Å². The number of amides is 2. The molecule has 2 amide bonds. The molecule has 0 saturated carbocycles. The molecular weight excluding hydrogens is 366 g/mol. The van der Waals surface area contributed by atoms with E-state index >= 15 is 0 Å². The number of benzene rings is 1. The van der Waals surface area contributed by atoms with E-state index in [0.29, 0.717) is 30.1 Å². The lowest BCUT2D eigenvalue weighted by Gasteiger charge is -2.15. The van der Waals surface area contributed by atoms with Crippen molar-refractivity contribution in [2.75, 3.05) is 13.2 Å². The summed E-state index contributed by atoms with van der Waals surface area (Å²) in [6, 6.07) is 13.5. The van der Waals surface area contributed by atoms with Crippen LogP contribution in [0, 0.1) is 0 Å². The molecule has 4 nitrogen and oxygen atoms in total. The molecule has 1 aromatic heterocycles. The largest absolute Gasteiger partial charge is 0.379 e. The molecular formula is C20H21NO3S2. The number of thioether (sulfide) groups is 1. The van der Waals surface area contributed by atoms with Gasteiger partial charge in [0.25, 0.3) is 11.8 Å². The zero-order valence-electron chi connectivity index (χ0n) is 14.8. The maximum absolute atomic E-state index is 12.9. The Labute approximate surface area is 161 Å². The third kappa shape index (κ3) is 4.26. The fraction of sp³-hybridized carbons (Fsp3) is 0.300. The van der Waals surface area contributed by atoms with Gasteiger partial charge in [0.1, 0.15) is 0 Å². The smallest absolute Gasteiger partial charge is 0.268 e. The molecule has 0 radical (unpaired) electrons. The summed E-state index contributed by atoms with van der Waals surface area (Å²) in [5, 5.41) is 1.92. The second kappa shape index (κ2) is 8.66. The van der Waals surface area contributed by atoms with Crippen molar-refractivity contribution in [3.63, 3.8) is 0 Å². The number of imide groups is 1. The van der Waals surface area contributed by atoms with E-state index in [9.17, 15) is 9.59 Å². The van der Waals surface area contributed by atoms with Crippen LogP contribution < -0.4 is 0 Å². The quantitative estimate of drug-likeness (QED) is 0.496. The van der Waals surface area contributed by atoms with Gasteiger partial charge in [-0.3, -0.25) is 14.5 Å². The second-order valence-corrected chi connectivity index (χ2v) is 8.16. The van der Waals surface area contributed by atoms with E-state index < -0.39 is 0 Å². The number of hydrogen-bond donors (Lipinski definition) is 0. The van der Waals surface area contributed by atoms with Crippen LogP contribution in [0.1, 0.15) is 25.1 Å². The van der Waals surface area contributed by atoms with Crippen LogP contribution in [-0.4, -0.2) is 36.0 Å². The molecule has 0 N–H and O–H groups in total. The topological polar surface area (TPSA) is 46.6 Å². The first-order valence-electron chi connectivity index (χ1n) is 8.56. The molecule has 2 aromatic rings. The molecule has 26 heavy (non-hydrogen) atoms. The van der Waals surface area contributed by atoms with Crippen molar-refractivity contribution in [2.24, 2.45) is 0 Å². The van der Waals surface area contributed by atoms with E-state index in [-0.39, 0.29) is 17.9 Å². The van der Waals surface area contributed by atoms with E-state index in [1.165, 1.54) is 28.0 Å². The lowest BCUT2D eigenvalue weighted by molar-refractivity contribution is -0.136. The average molecular weight is 388 g/mol. The zero-order chi connectivity index (χ0) is 18.5. The van der Waals surface area contributed by atoms with Gasteiger partial charge in [-0.2, -0.15) is 0 Å². The highest BCUT2D eigenvalue weighted by molar-refractivity contribution is 8.04. The summed E-state index contributed by atoms with van der Waals surface area (Å²) in [7, 11) is 0. The highest BCUT2D eigenvalue weighted by atomic mass is 32.2. The molecule has 3 rings (SSSR count). The Morgan fingerprint density at radius 3 is 2.50 bits per heavy atom. The molecule has 0 unspecified atom stereocenters. The van der Waals surface area contributed by atoms with Crippen LogP contribution in [0.4, 0.5) is 0 Å². The molecule has 136 valence electrons. The van der Waals surface area contributed by atoms with Crippen LogP contribution >= 0.6 is 23.1 Å². The van der Waals surface area contributed by atoms with E-state index in [4.69, 9.17) is 4.74 Å². The van der Waals surface area contributed by atoms with Gasteiger partial charge in [0.05, 0.1) is 16.6 Å². The molecule has 6 heteroatoms. The highest BCUT2D eigenvalue weighted by Crippen LogP contribution is 2.40. The minimum atomic E-state index is -0.211. The van der Waals surface area contributed by atoms with Crippen molar-refractivity contribution < 1.29 is 14.3 Å². The third-order valence-corrected chi connectivity index (χ3v) is 5.81. The first-order chi connectivity index (χ1) is 12.6. The summed E-state index contributed by atoms with van der Waals surface area (Å²) < 4.78 is 5.53. The maximum atomic E-state index is 12.9. The molecule has 2 heterocycles. The maximum Gasteiger partial charge on any atom is 0.268 e. The number of thiophene rings is 1. The zero-order valence-corrected chi connectivity index (χ0v) is 16.4. The van der Waals surface area contributed by atoms with Gasteiger partial charge in [-0.15, -0.1) is 11.3 Å². The summed E-state index contributed by atoms with van der Waals surface area (Å²) in [4.78, 5) is 29.5. The fourth-order valence-electron chi connectivity index (χ4n) is 2.64. The van der Waals surface area contributed by atoms with Crippen molar-refractivity contribution in [1.29, 1.82) is 0 Å². The van der Waals surface area contributed by atoms with Gasteiger partial charge < -0.3 is 4.74 Å². The molecule has 0 fully saturated rings. The van der Waals surface area contributed by atoms with Crippen molar-refractivity contribution in [3.05, 3.63) is 57.6 Å². The number of rotatable bonds is 8. The summed E-state index contributed by atoms with van der Waals surface area (Å²) >= 11 is 2.84. The van der Waals surface area contributed by atoms with E-state index in [2.05, 4.69) is 0 Å². The molecule has 0 spiro atoms. The first kappa shape index (κ1) is 18.9. The fourth-order valence-corrected chi connectivity index (χ4v) is 4.50. The number of ether oxygens (including phenoxy) is 1. The predicted molar refractivity (Wildman–Crippen MR) is 106 cm³/mol. The third-order valence-electron chi connectivity index (χ3n) is 3.83. The normalized spacial score (nSPS) is 14.8. The summed E-state index contributed by atoms with van der Waals surface area (Å²) in [5.74, 6) is -0.419. The van der Waals surface area contributed by atoms with E-state index in [1.807, 2.05) is 61.7 Å². The summed E-state index contributed by atoms with van der Waals surface area (Å²) in [6.07, 6.45) is 0.778. The molecule has 0 saturated heterocycles. The van der Waals surface area contributed by atoms with Gasteiger partial charge in [-0.05, 0) is 43.8 Å². The van der Waals surface area contributed by atoms with Crippen LogP contribution in [0.15, 0.2) is 57.6 Å². The molecule has 0 atom stereocenters. The lowest BCUT2D eigenvalue weighted by Crippen LogP contribution is -2.33. The van der Waals surface area contributed by atoms with Crippen LogP contribution in [0.5, 0.6) is 0 Å². The van der Waals surface area contributed by atoms with E-state index in [1.54, 1.807) is 0 Å². The standard InChI is InChI=1S/C20H21NO3S2/c1-14(2)24-12-7-11-21-19(22)17(16-10-6-13-25-16)18(20(21)23)26-15-8-4-3-5-9-15/h3-6,8-10,13-14H,7,11-12H2,1-2H3. The Morgan fingerprint density at radius 1 is 1.08 bits per heavy atom. The van der Waals surface area contributed by atoms with Gasteiger partial charge in [-0.25, -0.2) is 0 Å². The number of carbonyl (C=O) groups is 2. The first-order valence-corrected chi connectivity index (χ1v) is 10.3. The molecule has 0 bridgehead atoms. The molecule has 1 aromatic carbocycles. The highest BCUT2D eigenvalue weighted by Gasteiger charge is 2.39. The SMILES string of the molecule is CC(C)OCCCN1C(=O)C(Sc2ccccc2)=C(c2cccs2)C1=O. The number of carbonyl (C=O) groups excluding carboxylic acids is 2. The van der Waals surface area contributed by atoms with Crippen molar-refractivity contribution in [3.8, 4) is 0 Å². The van der Waals surface area contributed by atoms with Crippen LogP contribution in [-0.2, 0) is 14.3 Å². The second-order valence-electron chi connectivity index (χ2n) is 6.13. The number of hydrogen-bond acceptors (Lipinski definition) is 5.